The van der Waals surface area contributed by atoms with Gasteiger partial charge in [-0.15, -0.1) is 0 Å². The second-order valence-electron chi connectivity index (χ2n) is 12.1. The molecule has 6 N–H and O–H groups in total. The van der Waals surface area contributed by atoms with E-state index in [0.717, 1.165) is 38.3 Å². The van der Waals surface area contributed by atoms with E-state index in [-0.39, 0.29) is 19.0 Å². The van der Waals surface area contributed by atoms with E-state index in [1.54, 1.807) is 30.1 Å². The van der Waals surface area contributed by atoms with E-state index in [2.05, 4.69) is 50.2 Å². The van der Waals surface area contributed by atoms with Crippen molar-refractivity contribution in [2.75, 3.05) is 102 Å². The van der Waals surface area contributed by atoms with Crippen LogP contribution in [-0.2, 0) is 35.2 Å². The van der Waals surface area contributed by atoms with Crippen molar-refractivity contribution >= 4 is 48.0 Å². The zero-order valence-corrected chi connectivity index (χ0v) is 30.2. The number of aldehydes is 1. The predicted octanol–water partition coefficient (Wildman–Crippen LogP) is 1.09. The van der Waals surface area contributed by atoms with Crippen LogP contribution in [0.25, 0.3) is 0 Å². The van der Waals surface area contributed by atoms with Crippen molar-refractivity contribution in [3.63, 3.8) is 0 Å². The minimum absolute atomic E-state index is 0.0770. The van der Waals surface area contributed by atoms with Gasteiger partial charge in [0, 0.05) is 74.1 Å². The van der Waals surface area contributed by atoms with Crippen LogP contribution in [0, 0.1) is 0 Å². The lowest BCUT2D eigenvalue weighted by atomic mass is 10.0. The number of amides is 4. The van der Waals surface area contributed by atoms with Crippen molar-refractivity contribution in [2.24, 2.45) is 0 Å². The number of piperazine rings is 1. The second kappa shape index (κ2) is 25.5. The largest absolute Gasteiger partial charge is 0.399 e. The molecule has 1 aliphatic rings. The molecule has 0 radical (unpaired) electrons. The summed E-state index contributed by atoms with van der Waals surface area (Å²) in [6.45, 7) is 9.62. The zero-order valence-electron chi connectivity index (χ0n) is 30.2. The van der Waals surface area contributed by atoms with E-state index in [9.17, 15) is 24.0 Å². The molecule has 51 heavy (non-hydrogen) atoms. The lowest BCUT2D eigenvalue weighted by Gasteiger charge is -2.34. The Morgan fingerprint density at radius 2 is 1.65 bits per heavy atom. The number of imide groups is 1. The zero-order chi connectivity index (χ0) is 37.3. The van der Waals surface area contributed by atoms with E-state index < -0.39 is 11.9 Å². The van der Waals surface area contributed by atoms with Gasteiger partial charge in [-0.2, -0.15) is 0 Å². The Labute approximate surface area is 301 Å². The molecule has 1 atom stereocenters. The Bertz CT molecular complexity index is 1320. The lowest BCUT2D eigenvalue weighted by Crippen LogP contribution is -2.44. The maximum atomic E-state index is 12.5. The van der Waals surface area contributed by atoms with Crippen molar-refractivity contribution in [2.45, 2.75) is 38.8 Å². The molecule has 0 spiro atoms. The molecule has 1 aliphatic heterocycles. The molecule has 4 amide bonds. The maximum absolute atomic E-state index is 12.5. The van der Waals surface area contributed by atoms with Gasteiger partial charge in [-0.25, -0.2) is 0 Å². The summed E-state index contributed by atoms with van der Waals surface area (Å²) in [6, 6.07) is 12.6. The summed E-state index contributed by atoms with van der Waals surface area (Å²) in [4.78, 5) is 63.8. The topological polar surface area (TPSA) is 188 Å². The van der Waals surface area contributed by atoms with Crippen molar-refractivity contribution < 1.29 is 33.4 Å². The molecule has 15 heteroatoms. The first-order chi connectivity index (χ1) is 24.7. The van der Waals surface area contributed by atoms with Crippen molar-refractivity contribution in [1.29, 1.82) is 0 Å². The van der Waals surface area contributed by atoms with Crippen LogP contribution < -0.4 is 31.9 Å². The Morgan fingerprint density at radius 1 is 0.941 bits per heavy atom. The number of hydrogen-bond donors (Lipinski definition) is 5. The number of benzene rings is 2. The quantitative estimate of drug-likeness (QED) is 0.0628. The molecule has 1 saturated heterocycles. The first-order valence-corrected chi connectivity index (χ1v) is 17.4. The van der Waals surface area contributed by atoms with Crippen molar-refractivity contribution in [1.82, 2.24) is 25.8 Å². The summed E-state index contributed by atoms with van der Waals surface area (Å²) in [7, 11) is 3.90. The van der Waals surface area contributed by atoms with Crippen LogP contribution in [0.5, 0.6) is 0 Å². The first-order valence-electron chi connectivity index (χ1n) is 17.4. The Morgan fingerprint density at radius 3 is 2.29 bits per heavy atom. The molecule has 2 aromatic rings. The second-order valence-corrected chi connectivity index (χ2v) is 12.1. The minimum atomic E-state index is -0.562. The number of ether oxygens (including phenoxy) is 2. The van der Waals surface area contributed by atoms with Crippen LogP contribution in [-0.4, -0.2) is 133 Å². The predicted molar refractivity (Wildman–Crippen MR) is 199 cm³/mol. The first kappa shape index (κ1) is 42.8. The number of carbonyl (C=O) groups excluding carboxylic acids is 5. The van der Waals surface area contributed by atoms with Gasteiger partial charge in [-0.3, -0.25) is 34.2 Å². The fourth-order valence-electron chi connectivity index (χ4n) is 5.30. The summed E-state index contributed by atoms with van der Waals surface area (Å²) < 4.78 is 10.7. The van der Waals surface area contributed by atoms with Gasteiger partial charge >= 0.3 is 0 Å². The fraction of sp³-hybridized carbons (Fsp3) is 0.528. The smallest absolute Gasteiger partial charge is 0.243 e. The molecule has 282 valence electrons. The Kier molecular flexibility index (Phi) is 21.4. The molecular formula is C36H56N8O7. The highest BCUT2D eigenvalue weighted by atomic mass is 16.5. The molecule has 3 rings (SSSR count). The molecule has 1 unspecified atom stereocenters. The van der Waals surface area contributed by atoms with Crippen molar-refractivity contribution in [3.05, 3.63) is 53.6 Å². The number of nitrogens with zero attached hydrogens (tertiary/aromatic N) is 3. The van der Waals surface area contributed by atoms with Gasteiger partial charge in [-0.05, 0) is 63.8 Å². The summed E-state index contributed by atoms with van der Waals surface area (Å²) in [5, 5.41) is 10.6. The summed E-state index contributed by atoms with van der Waals surface area (Å²) >= 11 is 0. The highest BCUT2D eigenvalue weighted by molar-refractivity contribution is 5.94. The third-order valence-electron chi connectivity index (χ3n) is 8.15. The molecular weight excluding hydrogens is 656 g/mol. The van der Waals surface area contributed by atoms with E-state index in [4.69, 9.17) is 15.2 Å². The standard InChI is InChI=1S/C25H39N5O7.C11H17N3/c1-3-6-23(25(35)28-19-33)30(2)16-21-20(17-31)7-4-8-22(21)29-24(34)15-26-9-5-11-36-13-14-37-12-10-27-18-32;1-13-6-8-14(9-7-13)11-4-2-10(12)3-5-11/h4,7-8,17-19,23,26H,3,5-6,9-16H2,1-2H3,(H,27,32)(H,29,34)(H,28,33,35);2-5H,6-9,12H2,1H3. The molecule has 15 nitrogen and oxygen atoms in total. The van der Waals surface area contributed by atoms with Gasteiger partial charge in [0.25, 0.3) is 0 Å². The number of carbonyl (C=O) groups is 5. The van der Waals surface area contributed by atoms with Gasteiger partial charge in [0.2, 0.25) is 24.6 Å². The number of nitrogen functional groups attached to an aromatic ring is 1. The molecule has 1 fully saturated rings. The monoisotopic (exact) mass is 712 g/mol. The SMILES string of the molecule is CCCC(C(=O)NC=O)N(C)Cc1c(C=O)cccc1NC(=O)CNCCCOCCOCCNC=O.CN1CCN(c2ccc(N)cc2)CC1. The molecule has 0 aromatic heterocycles. The number of nitrogens with one attached hydrogen (secondary N) is 4. The third-order valence-corrected chi connectivity index (χ3v) is 8.15. The highest BCUT2D eigenvalue weighted by Gasteiger charge is 2.24. The number of anilines is 3. The van der Waals surface area contributed by atoms with Gasteiger partial charge in [0.15, 0.2) is 0 Å². The van der Waals surface area contributed by atoms with Gasteiger partial charge in [0.1, 0.15) is 6.29 Å². The average Bonchev–Trinajstić information content (AvgIpc) is 3.12. The maximum Gasteiger partial charge on any atom is 0.243 e. The van der Waals surface area contributed by atoms with Crippen LogP contribution in [0.2, 0.25) is 0 Å². The van der Waals surface area contributed by atoms with Crippen LogP contribution in [0.1, 0.15) is 42.1 Å². The fourth-order valence-corrected chi connectivity index (χ4v) is 5.30. The molecule has 0 aliphatic carbocycles. The van der Waals surface area contributed by atoms with Gasteiger partial charge < -0.3 is 41.0 Å². The molecule has 2 aromatic carbocycles. The summed E-state index contributed by atoms with van der Waals surface area (Å²) in [5.41, 5.74) is 9.26. The van der Waals surface area contributed by atoms with Crippen LogP contribution in [0.15, 0.2) is 42.5 Å². The minimum Gasteiger partial charge on any atom is -0.399 e. The van der Waals surface area contributed by atoms with Gasteiger partial charge in [0.05, 0.1) is 32.4 Å². The Balaban J connectivity index is 0.000000528. The number of rotatable bonds is 23. The van der Waals surface area contributed by atoms with Crippen LogP contribution in [0.4, 0.5) is 17.1 Å². The third kappa shape index (κ3) is 16.9. The number of hydrogen-bond acceptors (Lipinski definition) is 12. The molecule has 1 heterocycles. The molecule has 0 bridgehead atoms. The van der Waals surface area contributed by atoms with Crippen molar-refractivity contribution in [3.8, 4) is 0 Å². The van der Waals surface area contributed by atoms with E-state index in [0.29, 0.717) is 88.3 Å². The number of likely N-dealkylation sites (N-methyl/N-ethyl adjacent to an activating group) is 2. The van der Waals surface area contributed by atoms with E-state index in [1.807, 2.05) is 19.1 Å². The summed E-state index contributed by atoms with van der Waals surface area (Å²) in [5.74, 6) is -0.685. The summed E-state index contributed by atoms with van der Waals surface area (Å²) in [6.07, 6.45) is 3.65. The van der Waals surface area contributed by atoms with E-state index >= 15 is 0 Å². The van der Waals surface area contributed by atoms with Crippen LogP contribution in [0.3, 0.4) is 0 Å². The average molecular weight is 713 g/mol. The van der Waals surface area contributed by atoms with Gasteiger partial charge in [-0.1, -0.05) is 25.5 Å². The van der Waals surface area contributed by atoms with Crippen LogP contribution >= 0.6 is 0 Å². The lowest BCUT2D eigenvalue weighted by molar-refractivity contribution is -0.129. The Hall–Kier alpha value is -4.41. The highest BCUT2D eigenvalue weighted by Crippen LogP contribution is 2.23. The molecule has 0 saturated carbocycles. The normalized spacial score (nSPS) is 13.5. The van der Waals surface area contributed by atoms with E-state index in [1.165, 1.54) is 5.69 Å². The number of nitrogens with two attached hydrogens (primary N) is 1.